The van der Waals surface area contributed by atoms with E-state index in [-0.39, 0.29) is 24.4 Å². The lowest BCUT2D eigenvalue weighted by atomic mass is 10.2. The second-order valence-corrected chi connectivity index (χ2v) is 6.52. The molecule has 2 aromatic rings. The van der Waals surface area contributed by atoms with Gasteiger partial charge in [-0.25, -0.2) is 0 Å². The van der Waals surface area contributed by atoms with Crippen LogP contribution in [0.5, 0.6) is 5.75 Å². The van der Waals surface area contributed by atoms with Crippen LogP contribution < -0.4 is 15.4 Å². The number of halogens is 1. The van der Waals surface area contributed by atoms with E-state index >= 15 is 0 Å². The van der Waals surface area contributed by atoms with Crippen LogP contribution in [-0.2, 0) is 9.53 Å². The highest BCUT2D eigenvalue weighted by Crippen LogP contribution is 2.29. The summed E-state index contributed by atoms with van der Waals surface area (Å²) >= 11 is 1.66. The van der Waals surface area contributed by atoms with E-state index in [1.165, 1.54) is 0 Å². The molecule has 0 aliphatic carbocycles. The normalized spacial score (nSPS) is 16.6. The second-order valence-electron chi connectivity index (χ2n) is 5.37. The molecule has 7 heteroatoms. The molecule has 5 nitrogen and oxygen atoms in total. The van der Waals surface area contributed by atoms with Crippen LogP contribution in [0.1, 0.15) is 0 Å². The highest BCUT2D eigenvalue weighted by molar-refractivity contribution is 7.99. The van der Waals surface area contributed by atoms with Crippen LogP contribution in [0.3, 0.4) is 0 Å². The van der Waals surface area contributed by atoms with E-state index in [9.17, 15) is 4.79 Å². The quantitative estimate of drug-likeness (QED) is 0.834. The number of amides is 1. The smallest absolute Gasteiger partial charge is 0.243 e. The average molecular weight is 381 g/mol. The highest BCUT2D eigenvalue weighted by atomic mass is 35.5. The Balaban J connectivity index is 0.00000225. The van der Waals surface area contributed by atoms with Crippen molar-refractivity contribution in [2.75, 3.05) is 32.2 Å². The van der Waals surface area contributed by atoms with Gasteiger partial charge in [0.05, 0.1) is 20.3 Å². The number of nitrogens with one attached hydrogen (secondary N) is 2. The summed E-state index contributed by atoms with van der Waals surface area (Å²) in [5, 5.41) is 6.05. The Morgan fingerprint density at radius 2 is 1.80 bits per heavy atom. The first-order valence-electron chi connectivity index (χ1n) is 7.78. The summed E-state index contributed by atoms with van der Waals surface area (Å²) in [4.78, 5) is 14.4. The Morgan fingerprint density at radius 1 is 1.16 bits per heavy atom. The molecular formula is C18H21ClN2O3S. The summed E-state index contributed by atoms with van der Waals surface area (Å²) in [5.74, 6) is 0.781. The van der Waals surface area contributed by atoms with Crippen molar-refractivity contribution in [3.8, 4) is 5.75 Å². The molecule has 0 bridgehead atoms. The van der Waals surface area contributed by atoms with E-state index in [1.807, 2.05) is 48.5 Å². The first kappa shape index (κ1) is 19.6. The predicted octanol–water partition coefficient (Wildman–Crippen LogP) is 3.20. The molecule has 1 aliphatic rings. The lowest BCUT2D eigenvalue weighted by Gasteiger charge is -2.22. The Kier molecular flexibility index (Phi) is 7.58. The number of hydrogen-bond acceptors (Lipinski definition) is 5. The molecule has 134 valence electrons. The zero-order valence-electron chi connectivity index (χ0n) is 13.9. The van der Waals surface area contributed by atoms with E-state index in [4.69, 9.17) is 9.47 Å². The number of ether oxygens (including phenoxy) is 2. The Labute approximate surface area is 157 Å². The fraction of sp³-hybridized carbons (Fsp3) is 0.278. The maximum Gasteiger partial charge on any atom is 0.243 e. The van der Waals surface area contributed by atoms with E-state index in [2.05, 4.69) is 10.6 Å². The first-order valence-corrected chi connectivity index (χ1v) is 8.60. The van der Waals surface area contributed by atoms with E-state index in [1.54, 1.807) is 18.9 Å². The van der Waals surface area contributed by atoms with Gasteiger partial charge in [-0.05, 0) is 48.5 Å². The summed E-state index contributed by atoms with van der Waals surface area (Å²) in [6.45, 7) is 1.77. The molecule has 0 spiro atoms. The molecule has 3 rings (SSSR count). The van der Waals surface area contributed by atoms with Gasteiger partial charge in [0.2, 0.25) is 5.91 Å². The van der Waals surface area contributed by atoms with E-state index in [0.29, 0.717) is 19.8 Å². The maximum absolute atomic E-state index is 12.1. The molecule has 1 aliphatic heterocycles. The number of methoxy groups -OCH3 is 1. The summed E-state index contributed by atoms with van der Waals surface area (Å²) in [7, 11) is 1.66. The molecule has 2 aromatic carbocycles. The fourth-order valence-electron chi connectivity index (χ4n) is 2.35. The number of morpholine rings is 1. The number of carbonyl (C=O) groups excluding carboxylic acids is 1. The summed E-state index contributed by atoms with van der Waals surface area (Å²) in [5.41, 5.74) is 0.784. The third kappa shape index (κ3) is 5.64. The van der Waals surface area contributed by atoms with Gasteiger partial charge in [-0.3, -0.25) is 4.79 Å². The van der Waals surface area contributed by atoms with Crippen molar-refractivity contribution >= 4 is 35.8 Å². The molecule has 1 saturated heterocycles. The van der Waals surface area contributed by atoms with Crippen LogP contribution >= 0.6 is 24.2 Å². The van der Waals surface area contributed by atoms with Gasteiger partial charge in [0.25, 0.3) is 0 Å². The van der Waals surface area contributed by atoms with Crippen molar-refractivity contribution in [3.05, 3.63) is 48.5 Å². The van der Waals surface area contributed by atoms with Crippen molar-refractivity contribution < 1.29 is 14.3 Å². The third-order valence-corrected chi connectivity index (χ3v) is 4.67. The zero-order valence-corrected chi connectivity index (χ0v) is 15.5. The van der Waals surface area contributed by atoms with Crippen LogP contribution in [-0.4, -0.2) is 38.8 Å². The molecule has 1 heterocycles. The summed E-state index contributed by atoms with van der Waals surface area (Å²) < 4.78 is 10.5. The Hall–Kier alpha value is -1.73. The minimum absolute atomic E-state index is 0. The van der Waals surface area contributed by atoms with Crippen molar-refractivity contribution in [1.29, 1.82) is 0 Å². The van der Waals surface area contributed by atoms with Crippen LogP contribution in [0, 0.1) is 0 Å². The zero-order chi connectivity index (χ0) is 16.8. The largest absolute Gasteiger partial charge is 0.497 e. The number of hydrogen-bond donors (Lipinski definition) is 2. The van der Waals surface area contributed by atoms with Gasteiger partial charge in [0, 0.05) is 22.0 Å². The summed E-state index contributed by atoms with van der Waals surface area (Å²) in [6, 6.07) is 15.5. The monoisotopic (exact) mass is 380 g/mol. The van der Waals surface area contributed by atoms with Gasteiger partial charge in [-0.2, -0.15) is 0 Å². The second kappa shape index (κ2) is 9.68. The molecular weight excluding hydrogens is 360 g/mol. The molecule has 1 amide bonds. The van der Waals surface area contributed by atoms with Crippen molar-refractivity contribution in [1.82, 2.24) is 5.32 Å². The lowest BCUT2D eigenvalue weighted by Crippen LogP contribution is -2.48. The molecule has 25 heavy (non-hydrogen) atoms. The molecule has 0 radical (unpaired) electrons. The number of rotatable bonds is 5. The summed E-state index contributed by atoms with van der Waals surface area (Å²) in [6.07, 6.45) is 0. The van der Waals surface area contributed by atoms with Gasteiger partial charge in [0.15, 0.2) is 0 Å². The molecule has 1 fully saturated rings. The number of anilines is 1. The molecule has 1 unspecified atom stereocenters. The Bertz CT molecular complexity index is 674. The van der Waals surface area contributed by atoms with Crippen molar-refractivity contribution in [3.63, 3.8) is 0 Å². The minimum Gasteiger partial charge on any atom is -0.497 e. The van der Waals surface area contributed by atoms with Gasteiger partial charge in [-0.1, -0.05) is 11.8 Å². The Morgan fingerprint density at radius 3 is 2.36 bits per heavy atom. The maximum atomic E-state index is 12.1. The van der Waals surface area contributed by atoms with E-state index in [0.717, 1.165) is 21.2 Å². The SMILES string of the molecule is COc1ccc(Sc2ccc(NC(=O)C3COCCN3)cc2)cc1.Cl. The van der Waals surface area contributed by atoms with Crippen LogP contribution in [0.25, 0.3) is 0 Å². The molecule has 1 atom stereocenters. The van der Waals surface area contributed by atoms with Crippen LogP contribution in [0.4, 0.5) is 5.69 Å². The first-order chi connectivity index (χ1) is 11.7. The number of benzene rings is 2. The van der Waals surface area contributed by atoms with Crippen LogP contribution in [0.15, 0.2) is 58.3 Å². The molecule has 0 aromatic heterocycles. The van der Waals surface area contributed by atoms with E-state index < -0.39 is 0 Å². The molecule has 2 N–H and O–H groups in total. The average Bonchev–Trinajstić information content (AvgIpc) is 2.65. The standard InChI is InChI=1S/C18H20N2O3S.ClH/c1-22-14-4-8-16(9-5-14)24-15-6-2-13(3-7-15)20-18(21)17-12-23-11-10-19-17;/h2-9,17,19H,10-12H2,1H3,(H,20,21);1H. The third-order valence-electron chi connectivity index (χ3n) is 3.66. The lowest BCUT2D eigenvalue weighted by molar-refractivity contribution is -0.120. The fourth-order valence-corrected chi connectivity index (χ4v) is 3.17. The van der Waals surface area contributed by atoms with Crippen molar-refractivity contribution in [2.45, 2.75) is 15.8 Å². The highest BCUT2D eigenvalue weighted by Gasteiger charge is 2.20. The van der Waals surface area contributed by atoms with Crippen molar-refractivity contribution in [2.24, 2.45) is 0 Å². The van der Waals surface area contributed by atoms with Gasteiger partial charge >= 0.3 is 0 Å². The predicted molar refractivity (Wildman–Crippen MR) is 102 cm³/mol. The minimum atomic E-state index is -0.285. The molecule has 0 saturated carbocycles. The topological polar surface area (TPSA) is 59.6 Å². The van der Waals surface area contributed by atoms with Gasteiger partial charge < -0.3 is 20.1 Å². The number of carbonyl (C=O) groups is 1. The van der Waals surface area contributed by atoms with Crippen LogP contribution in [0.2, 0.25) is 0 Å². The van der Waals surface area contributed by atoms with Gasteiger partial charge in [-0.15, -0.1) is 12.4 Å². The van der Waals surface area contributed by atoms with Gasteiger partial charge in [0.1, 0.15) is 11.8 Å².